The van der Waals surface area contributed by atoms with Crippen LogP contribution in [0.1, 0.15) is 8.22 Å². The van der Waals surface area contributed by atoms with Crippen molar-refractivity contribution in [3.63, 3.8) is 0 Å². The molecule has 0 N–H and O–H groups in total. The highest BCUT2D eigenvalue weighted by Crippen LogP contribution is 2.44. The highest BCUT2D eigenvalue weighted by Gasteiger charge is 2.16. The Morgan fingerprint density at radius 1 is 0.300 bits per heavy atom. The predicted molar refractivity (Wildman–Crippen MR) is 215 cm³/mol. The summed E-state index contributed by atoms with van der Waals surface area (Å²) in [6.07, 6.45) is 0. The van der Waals surface area contributed by atoms with Crippen molar-refractivity contribution in [2.75, 3.05) is 0 Å². The molecule has 0 spiro atoms. The standard InChI is InChI=1S/C50H32/c1-3-10-33(11-4-1)42-30-43(34-12-5-2-6-13-34)32-44(31-42)46-25-21-37-22-26-47-45(24-20-36-23-27-48(46)50(37)49(36)47)41-17-9-16-39(29-41)40-19-18-35-14-7-8-15-38(35)28-40/h1-32H/i7D,8D,14D,15D,18D,28D. The van der Waals surface area contributed by atoms with Crippen molar-refractivity contribution in [2.45, 2.75) is 0 Å². The summed E-state index contributed by atoms with van der Waals surface area (Å²) in [6.45, 7) is 0. The van der Waals surface area contributed by atoms with Crippen molar-refractivity contribution < 1.29 is 8.22 Å². The molecule has 0 aromatic heterocycles. The third-order valence-corrected chi connectivity index (χ3v) is 9.92. The first-order valence-corrected chi connectivity index (χ1v) is 16.8. The molecule has 0 aliphatic rings. The zero-order valence-corrected chi connectivity index (χ0v) is 27.0. The summed E-state index contributed by atoms with van der Waals surface area (Å²) < 4.78 is 51.2. The molecule has 0 saturated carbocycles. The monoisotopic (exact) mass is 638 g/mol. The molecule has 0 nitrogen and oxygen atoms in total. The van der Waals surface area contributed by atoms with E-state index in [0.29, 0.717) is 11.1 Å². The minimum Gasteiger partial charge on any atom is -0.0622 e. The highest BCUT2D eigenvalue weighted by atomic mass is 14.2. The first-order chi connectivity index (χ1) is 27.3. The molecule has 10 rings (SSSR count). The topological polar surface area (TPSA) is 0 Å². The summed E-state index contributed by atoms with van der Waals surface area (Å²) in [4.78, 5) is 0. The number of fused-ring (bicyclic) bond motifs is 1. The normalized spacial score (nSPS) is 13.3. The summed E-state index contributed by atoms with van der Waals surface area (Å²) >= 11 is 0. The van der Waals surface area contributed by atoms with Gasteiger partial charge in [0.25, 0.3) is 0 Å². The Labute approximate surface area is 300 Å². The van der Waals surface area contributed by atoms with Crippen LogP contribution in [-0.4, -0.2) is 0 Å². The van der Waals surface area contributed by atoms with Gasteiger partial charge in [0.05, 0.1) is 8.22 Å². The molecule has 0 bridgehead atoms. The van der Waals surface area contributed by atoms with Gasteiger partial charge < -0.3 is 0 Å². The van der Waals surface area contributed by atoms with Gasteiger partial charge in [0.2, 0.25) is 0 Å². The lowest BCUT2D eigenvalue weighted by atomic mass is 9.86. The number of benzene rings is 10. The van der Waals surface area contributed by atoms with Crippen LogP contribution in [0.3, 0.4) is 0 Å². The van der Waals surface area contributed by atoms with E-state index < -0.39 is 12.1 Å². The van der Waals surface area contributed by atoms with Gasteiger partial charge in [-0.1, -0.05) is 164 Å². The average Bonchev–Trinajstić information content (AvgIpc) is 3.25. The molecule has 0 fully saturated rings. The fourth-order valence-corrected chi connectivity index (χ4v) is 7.52. The van der Waals surface area contributed by atoms with Gasteiger partial charge in [-0.25, -0.2) is 0 Å². The smallest absolute Gasteiger partial charge is 0.0622 e. The van der Waals surface area contributed by atoms with E-state index >= 15 is 0 Å². The van der Waals surface area contributed by atoms with Crippen molar-refractivity contribution in [3.8, 4) is 55.6 Å². The van der Waals surface area contributed by atoms with Crippen LogP contribution in [0.15, 0.2) is 194 Å². The summed E-state index contributed by atoms with van der Waals surface area (Å²) in [7, 11) is 0. The van der Waals surface area contributed by atoms with Crippen LogP contribution in [0, 0.1) is 0 Å². The molecular formula is C50H32. The zero-order valence-electron chi connectivity index (χ0n) is 33.0. The maximum absolute atomic E-state index is 9.11. The van der Waals surface area contributed by atoms with Crippen molar-refractivity contribution >= 4 is 43.1 Å². The minimum atomic E-state index is -0.404. The average molecular weight is 639 g/mol. The van der Waals surface area contributed by atoms with Crippen LogP contribution in [0.2, 0.25) is 0 Å². The van der Waals surface area contributed by atoms with Crippen LogP contribution in [-0.2, 0) is 0 Å². The summed E-state index contributed by atoms with van der Waals surface area (Å²) in [5.74, 6) is 0. The van der Waals surface area contributed by atoms with Crippen molar-refractivity contribution in [2.24, 2.45) is 0 Å². The quantitative estimate of drug-likeness (QED) is 0.165. The second kappa shape index (κ2) is 11.6. The molecule has 0 unspecified atom stereocenters. The molecule has 232 valence electrons. The maximum Gasteiger partial charge on any atom is 0.0636 e. The fraction of sp³-hybridized carbons (Fsp3) is 0. The van der Waals surface area contributed by atoms with Crippen LogP contribution in [0.4, 0.5) is 0 Å². The molecule has 10 aromatic carbocycles. The Balaban J connectivity index is 1.16. The molecule has 50 heavy (non-hydrogen) atoms. The molecule has 0 amide bonds. The second-order valence-electron chi connectivity index (χ2n) is 12.8. The third-order valence-electron chi connectivity index (χ3n) is 9.92. The third kappa shape index (κ3) is 4.77. The van der Waals surface area contributed by atoms with E-state index in [0.717, 1.165) is 49.5 Å². The van der Waals surface area contributed by atoms with E-state index in [4.69, 9.17) is 8.22 Å². The van der Waals surface area contributed by atoms with Crippen LogP contribution < -0.4 is 0 Å². The minimum absolute atomic E-state index is 0.0187. The van der Waals surface area contributed by atoms with E-state index in [9.17, 15) is 0 Å². The largest absolute Gasteiger partial charge is 0.0636 e. The molecule has 0 aliphatic carbocycles. The molecule has 0 heteroatoms. The van der Waals surface area contributed by atoms with Crippen LogP contribution in [0.5, 0.6) is 0 Å². The van der Waals surface area contributed by atoms with Gasteiger partial charge in [-0.3, -0.25) is 0 Å². The molecule has 0 aliphatic heterocycles. The van der Waals surface area contributed by atoms with E-state index in [1.165, 1.54) is 27.3 Å². The Kier molecular flexibility index (Phi) is 5.32. The number of hydrogen-bond donors (Lipinski definition) is 0. The fourth-order valence-electron chi connectivity index (χ4n) is 7.52. The lowest BCUT2D eigenvalue weighted by molar-refractivity contribution is 1.58. The lowest BCUT2D eigenvalue weighted by Crippen LogP contribution is -1.91. The van der Waals surface area contributed by atoms with Gasteiger partial charge in [-0.05, 0) is 129 Å². The van der Waals surface area contributed by atoms with E-state index in [-0.39, 0.29) is 34.9 Å². The lowest BCUT2D eigenvalue weighted by Gasteiger charge is -2.18. The van der Waals surface area contributed by atoms with Crippen molar-refractivity contribution in [1.82, 2.24) is 0 Å². The number of hydrogen-bond acceptors (Lipinski definition) is 0. The van der Waals surface area contributed by atoms with Gasteiger partial charge in [0.15, 0.2) is 0 Å². The molecule has 0 heterocycles. The van der Waals surface area contributed by atoms with E-state index in [2.05, 4.69) is 121 Å². The molecule has 0 saturated heterocycles. The SMILES string of the molecule is [2H]c1c([2H])c([2H])c2c([2H])c(-c3cccc(-c4ccc5ccc6c(-c7cc(-c8ccccc8)cc(-c8ccccc8)c7)ccc7ccc4c5c76)c3)cc([2H])c2c1[2H]. The summed E-state index contributed by atoms with van der Waals surface area (Å²) in [6, 6.07) is 53.6. The van der Waals surface area contributed by atoms with Gasteiger partial charge in [-0.2, -0.15) is 0 Å². The van der Waals surface area contributed by atoms with Gasteiger partial charge in [0, 0.05) is 0 Å². The highest BCUT2D eigenvalue weighted by molar-refractivity contribution is 6.27. The Morgan fingerprint density at radius 2 is 0.800 bits per heavy atom. The molecular weight excluding hydrogens is 601 g/mol. The second-order valence-corrected chi connectivity index (χ2v) is 12.8. The summed E-state index contributed by atoms with van der Waals surface area (Å²) in [5, 5.41) is 7.12. The van der Waals surface area contributed by atoms with Gasteiger partial charge >= 0.3 is 0 Å². The van der Waals surface area contributed by atoms with Gasteiger partial charge in [0.1, 0.15) is 0 Å². The Hall–Kier alpha value is -6.50. The maximum atomic E-state index is 9.11. The molecule has 0 radical (unpaired) electrons. The van der Waals surface area contributed by atoms with Crippen molar-refractivity contribution in [3.05, 3.63) is 194 Å². The van der Waals surface area contributed by atoms with Crippen LogP contribution in [0.25, 0.3) is 98.7 Å². The Bertz CT molecular complexity index is 3130. The molecule has 0 atom stereocenters. The Morgan fingerprint density at radius 3 is 1.44 bits per heavy atom. The summed E-state index contributed by atoms with van der Waals surface area (Å²) in [5.41, 5.74) is 10.1. The predicted octanol–water partition coefficient (Wildman–Crippen LogP) is 14.1. The molecule has 10 aromatic rings. The van der Waals surface area contributed by atoms with E-state index in [1.54, 1.807) is 6.07 Å². The van der Waals surface area contributed by atoms with Crippen molar-refractivity contribution in [1.29, 1.82) is 0 Å². The van der Waals surface area contributed by atoms with E-state index in [1.807, 2.05) is 30.3 Å². The van der Waals surface area contributed by atoms with Crippen LogP contribution >= 0.6 is 0 Å². The number of rotatable bonds is 5. The van der Waals surface area contributed by atoms with Gasteiger partial charge in [-0.15, -0.1) is 0 Å². The zero-order chi connectivity index (χ0) is 38.2. The first kappa shape index (κ1) is 23.0. The first-order valence-electron chi connectivity index (χ1n) is 19.8.